The van der Waals surface area contributed by atoms with Gasteiger partial charge in [-0.1, -0.05) is 74.8 Å². The van der Waals surface area contributed by atoms with Crippen molar-refractivity contribution in [3.8, 4) is 11.5 Å². The Morgan fingerprint density at radius 1 is 1.09 bits per heavy atom. The van der Waals surface area contributed by atoms with E-state index in [4.69, 9.17) is 21.1 Å². The molecule has 0 unspecified atom stereocenters. The van der Waals surface area contributed by atoms with Crippen LogP contribution in [0.3, 0.4) is 0 Å². The van der Waals surface area contributed by atoms with Gasteiger partial charge in [0.05, 0.1) is 11.1 Å². The molecule has 4 nitrogen and oxygen atoms in total. The fourth-order valence-corrected chi connectivity index (χ4v) is 4.67. The fourth-order valence-electron chi connectivity index (χ4n) is 4.48. The maximum Gasteiger partial charge on any atom is 0.232 e. The van der Waals surface area contributed by atoms with E-state index in [1.165, 1.54) is 5.56 Å². The molecule has 0 amide bonds. The number of fused-ring (bicyclic) bond motifs is 3. The van der Waals surface area contributed by atoms with Gasteiger partial charge in [0.25, 0.3) is 0 Å². The zero-order chi connectivity index (χ0) is 24.0. The van der Waals surface area contributed by atoms with Gasteiger partial charge in [-0.3, -0.25) is 9.69 Å². The molecule has 0 bridgehead atoms. The molecule has 0 aliphatic carbocycles. The van der Waals surface area contributed by atoms with Crippen LogP contribution in [0.2, 0.25) is 5.02 Å². The Balaban J connectivity index is 1.44. The molecule has 0 fully saturated rings. The Kier molecular flexibility index (Phi) is 5.75. The molecule has 0 saturated heterocycles. The molecule has 0 aromatic heterocycles. The standard InChI is InChI=1S/C29H28ClNO3/c1-18-13-24-22(16-31(17-33-24)15-20-7-5-6-8-23(20)30)28-26(18)27(32)25(34-28)14-19-9-11-21(12-10-19)29(2,3)4/h5-14H,15-17H2,1-4H3/b25-14-. The Labute approximate surface area is 205 Å². The first-order valence-electron chi connectivity index (χ1n) is 11.5. The number of aryl methyl sites for hydroxylation is 1. The van der Waals surface area contributed by atoms with Crippen LogP contribution in [-0.4, -0.2) is 17.4 Å². The first-order chi connectivity index (χ1) is 16.2. The minimum Gasteiger partial charge on any atom is -0.478 e. The summed E-state index contributed by atoms with van der Waals surface area (Å²) in [7, 11) is 0. The highest BCUT2D eigenvalue weighted by molar-refractivity contribution is 6.31. The number of allylic oxidation sites excluding steroid dienone is 1. The van der Waals surface area contributed by atoms with Crippen LogP contribution in [0.15, 0.2) is 60.4 Å². The number of nitrogens with zero attached hydrogens (tertiary/aromatic N) is 1. The average molecular weight is 474 g/mol. The van der Waals surface area contributed by atoms with Crippen LogP contribution < -0.4 is 9.47 Å². The number of carbonyl (C=O) groups is 1. The van der Waals surface area contributed by atoms with Crippen molar-refractivity contribution in [1.82, 2.24) is 4.90 Å². The molecule has 0 N–H and O–H groups in total. The quantitative estimate of drug-likeness (QED) is 0.387. The van der Waals surface area contributed by atoms with E-state index in [0.717, 1.165) is 33.0 Å². The third-order valence-electron chi connectivity index (χ3n) is 6.41. The summed E-state index contributed by atoms with van der Waals surface area (Å²) >= 11 is 6.36. The van der Waals surface area contributed by atoms with Crippen LogP contribution >= 0.6 is 11.6 Å². The largest absolute Gasteiger partial charge is 0.478 e. The van der Waals surface area contributed by atoms with Crippen molar-refractivity contribution in [2.24, 2.45) is 0 Å². The zero-order valence-corrected chi connectivity index (χ0v) is 20.7. The second-order valence-electron chi connectivity index (χ2n) is 10.0. The van der Waals surface area contributed by atoms with Gasteiger partial charge < -0.3 is 9.47 Å². The van der Waals surface area contributed by atoms with Gasteiger partial charge in [0, 0.05) is 18.1 Å². The summed E-state index contributed by atoms with van der Waals surface area (Å²) in [6, 6.07) is 18.0. The van der Waals surface area contributed by atoms with Crippen molar-refractivity contribution in [1.29, 1.82) is 0 Å². The van der Waals surface area contributed by atoms with Gasteiger partial charge in [-0.05, 0) is 52.8 Å². The molecule has 3 aromatic carbocycles. The van der Waals surface area contributed by atoms with E-state index in [9.17, 15) is 4.79 Å². The minimum absolute atomic E-state index is 0.0770. The van der Waals surface area contributed by atoms with Gasteiger partial charge in [0.2, 0.25) is 5.78 Å². The van der Waals surface area contributed by atoms with Crippen LogP contribution in [-0.2, 0) is 18.5 Å². The molecule has 0 atom stereocenters. The topological polar surface area (TPSA) is 38.8 Å². The number of hydrogen-bond donors (Lipinski definition) is 0. The van der Waals surface area contributed by atoms with Crippen molar-refractivity contribution in [2.45, 2.75) is 46.2 Å². The lowest BCUT2D eigenvalue weighted by atomic mass is 9.86. The van der Waals surface area contributed by atoms with E-state index < -0.39 is 0 Å². The number of hydrogen-bond acceptors (Lipinski definition) is 4. The van der Waals surface area contributed by atoms with Crippen molar-refractivity contribution in [2.75, 3.05) is 6.73 Å². The lowest BCUT2D eigenvalue weighted by molar-refractivity contribution is 0.0872. The smallest absolute Gasteiger partial charge is 0.232 e. The Morgan fingerprint density at radius 3 is 2.53 bits per heavy atom. The monoisotopic (exact) mass is 473 g/mol. The van der Waals surface area contributed by atoms with E-state index in [1.807, 2.05) is 55.5 Å². The highest BCUT2D eigenvalue weighted by Gasteiger charge is 2.35. The summed E-state index contributed by atoms with van der Waals surface area (Å²) in [5, 5.41) is 0.733. The lowest BCUT2D eigenvalue weighted by Crippen LogP contribution is -2.32. The highest BCUT2D eigenvalue weighted by atomic mass is 35.5. The van der Waals surface area contributed by atoms with E-state index in [0.29, 0.717) is 36.9 Å². The Morgan fingerprint density at radius 2 is 1.82 bits per heavy atom. The number of ketones is 1. The van der Waals surface area contributed by atoms with E-state index >= 15 is 0 Å². The van der Waals surface area contributed by atoms with Crippen LogP contribution in [0.25, 0.3) is 6.08 Å². The normalized spacial score (nSPS) is 16.7. The van der Waals surface area contributed by atoms with E-state index in [-0.39, 0.29) is 11.2 Å². The fraction of sp³-hybridized carbons (Fsp3) is 0.276. The zero-order valence-electron chi connectivity index (χ0n) is 19.9. The number of benzene rings is 3. The average Bonchev–Trinajstić information content (AvgIpc) is 3.12. The number of carbonyl (C=O) groups excluding carboxylic acids is 1. The second kappa shape index (κ2) is 8.61. The molecule has 2 aliphatic heterocycles. The van der Waals surface area contributed by atoms with Crippen molar-refractivity contribution < 1.29 is 14.3 Å². The van der Waals surface area contributed by atoms with Gasteiger partial charge in [-0.15, -0.1) is 0 Å². The van der Waals surface area contributed by atoms with Crippen LogP contribution in [0.1, 0.15) is 58.9 Å². The molecule has 0 radical (unpaired) electrons. The third kappa shape index (κ3) is 4.24. The Hall–Kier alpha value is -3.08. The summed E-state index contributed by atoms with van der Waals surface area (Å²) in [5.41, 5.74) is 5.69. The van der Waals surface area contributed by atoms with Crippen LogP contribution in [0.5, 0.6) is 11.5 Å². The molecule has 2 aliphatic rings. The predicted octanol–water partition coefficient (Wildman–Crippen LogP) is 6.91. The molecular weight excluding hydrogens is 446 g/mol. The second-order valence-corrected chi connectivity index (χ2v) is 10.4. The summed E-state index contributed by atoms with van der Waals surface area (Å²) < 4.78 is 12.3. The SMILES string of the molecule is Cc1cc2c(c3c1C(=O)/C(=C/c1ccc(C(C)(C)C)cc1)O3)CN(Cc1ccccc1Cl)CO2. The first kappa shape index (κ1) is 22.7. The lowest BCUT2D eigenvalue weighted by Gasteiger charge is -2.30. The third-order valence-corrected chi connectivity index (χ3v) is 6.78. The number of rotatable bonds is 3. The van der Waals surface area contributed by atoms with Gasteiger partial charge in [-0.2, -0.15) is 0 Å². The summed E-state index contributed by atoms with van der Waals surface area (Å²) in [5.74, 6) is 1.65. The molecular formula is C29H28ClNO3. The van der Waals surface area contributed by atoms with Gasteiger partial charge in [0.15, 0.2) is 5.76 Å². The van der Waals surface area contributed by atoms with Gasteiger partial charge in [-0.25, -0.2) is 0 Å². The summed E-state index contributed by atoms with van der Waals surface area (Å²) in [4.78, 5) is 15.4. The minimum atomic E-state index is -0.0848. The van der Waals surface area contributed by atoms with E-state index in [2.05, 4.69) is 37.8 Å². The predicted molar refractivity (Wildman–Crippen MR) is 135 cm³/mol. The Bertz CT molecular complexity index is 1300. The number of halogens is 1. The molecule has 3 aromatic rings. The maximum absolute atomic E-state index is 13.3. The van der Waals surface area contributed by atoms with Gasteiger partial charge in [0.1, 0.15) is 18.2 Å². The molecule has 174 valence electrons. The van der Waals surface area contributed by atoms with Crippen LogP contribution in [0.4, 0.5) is 0 Å². The van der Waals surface area contributed by atoms with Gasteiger partial charge >= 0.3 is 0 Å². The molecule has 2 heterocycles. The van der Waals surface area contributed by atoms with Crippen molar-refractivity contribution in [3.63, 3.8) is 0 Å². The highest BCUT2D eigenvalue weighted by Crippen LogP contribution is 2.44. The molecule has 5 heteroatoms. The number of Topliss-reactive ketones (excluding diaryl/α,β-unsaturated/α-hetero) is 1. The summed E-state index contributed by atoms with van der Waals surface area (Å²) in [6.45, 7) is 10.2. The van der Waals surface area contributed by atoms with Crippen molar-refractivity contribution >= 4 is 23.5 Å². The molecule has 34 heavy (non-hydrogen) atoms. The van der Waals surface area contributed by atoms with Crippen LogP contribution in [0, 0.1) is 6.92 Å². The molecule has 0 saturated carbocycles. The molecule has 0 spiro atoms. The maximum atomic E-state index is 13.3. The number of ether oxygens (including phenoxy) is 2. The van der Waals surface area contributed by atoms with E-state index in [1.54, 1.807) is 0 Å². The first-order valence-corrected chi connectivity index (χ1v) is 11.9. The summed E-state index contributed by atoms with van der Waals surface area (Å²) in [6.07, 6.45) is 1.83. The molecule has 5 rings (SSSR count). The van der Waals surface area contributed by atoms with Crippen molar-refractivity contribution in [3.05, 3.63) is 98.8 Å².